The van der Waals surface area contributed by atoms with Gasteiger partial charge in [-0.15, -0.1) is 0 Å². The summed E-state index contributed by atoms with van der Waals surface area (Å²) in [6.07, 6.45) is 4.95. The third-order valence-electron chi connectivity index (χ3n) is 7.87. The van der Waals surface area contributed by atoms with E-state index in [9.17, 15) is 9.59 Å². The summed E-state index contributed by atoms with van der Waals surface area (Å²) in [5, 5.41) is 3.51. The molecule has 1 fully saturated rings. The van der Waals surface area contributed by atoms with Crippen molar-refractivity contribution in [3.05, 3.63) is 82.1 Å². The maximum atomic E-state index is 13.8. The smallest absolute Gasteiger partial charge is 0.246 e. The largest absolute Gasteiger partial charge is 0.468 e. The Labute approximate surface area is 218 Å². The van der Waals surface area contributed by atoms with Crippen molar-refractivity contribution in [2.24, 2.45) is 5.41 Å². The van der Waals surface area contributed by atoms with Crippen molar-refractivity contribution >= 4 is 23.0 Å². The van der Waals surface area contributed by atoms with Crippen molar-refractivity contribution in [1.29, 1.82) is 0 Å². The molecule has 0 aromatic heterocycles. The summed E-state index contributed by atoms with van der Waals surface area (Å²) < 4.78 is 6.34. The van der Waals surface area contributed by atoms with E-state index < -0.39 is 6.10 Å². The third-order valence-corrected chi connectivity index (χ3v) is 7.87. The molecule has 6 heteroatoms. The summed E-state index contributed by atoms with van der Waals surface area (Å²) in [7, 11) is 0. The Bertz CT molecular complexity index is 1400. The molecule has 6 nitrogen and oxygen atoms in total. The Hall–Kier alpha value is -3.51. The first kappa shape index (κ1) is 23.9. The number of allylic oxidation sites excluding steroid dienone is 1. The van der Waals surface area contributed by atoms with Crippen LogP contribution in [0.2, 0.25) is 0 Å². The number of benzene rings is 2. The molecule has 2 N–H and O–H groups in total. The van der Waals surface area contributed by atoms with E-state index in [0.29, 0.717) is 45.6 Å². The molecule has 2 aromatic carbocycles. The quantitative estimate of drug-likeness (QED) is 0.622. The van der Waals surface area contributed by atoms with Gasteiger partial charge in [0.15, 0.2) is 11.5 Å². The highest BCUT2D eigenvalue weighted by molar-refractivity contribution is 6.39. The number of piperidine rings is 1. The summed E-state index contributed by atoms with van der Waals surface area (Å²) in [6, 6.07) is 13.1. The molecule has 1 unspecified atom stereocenters. The number of hydrogen-bond donors (Lipinski definition) is 2. The van der Waals surface area contributed by atoms with Crippen LogP contribution >= 0.6 is 0 Å². The van der Waals surface area contributed by atoms with Crippen molar-refractivity contribution in [3.63, 3.8) is 0 Å². The summed E-state index contributed by atoms with van der Waals surface area (Å²) in [4.78, 5) is 33.5. The van der Waals surface area contributed by atoms with Gasteiger partial charge >= 0.3 is 0 Å². The normalized spacial score (nSPS) is 22.2. The second-order valence-corrected chi connectivity index (χ2v) is 11.4. The second kappa shape index (κ2) is 9.10. The molecular weight excluding hydrogens is 462 g/mol. The van der Waals surface area contributed by atoms with Crippen molar-refractivity contribution < 1.29 is 19.3 Å². The molecule has 2 heterocycles. The van der Waals surface area contributed by atoms with E-state index in [1.165, 1.54) is 12.8 Å². The van der Waals surface area contributed by atoms with Gasteiger partial charge in [-0.1, -0.05) is 44.2 Å². The van der Waals surface area contributed by atoms with Crippen LogP contribution in [-0.4, -0.2) is 54.5 Å². The predicted molar refractivity (Wildman–Crippen MR) is 144 cm³/mol. The number of nitrogens with zero attached hydrogens (tertiary/aromatic N) is 1. The van der Waals surface area contributed by atoms with Gasteiger partial charge in [-0.2, -0.15) is 0 Å². The van der Waals surface area contributed by atoms with Crippen LogP contribution in [0.1, 0.15) is 59.4 Å². The maximum absolute atomic E-state index is 13.8. The fraction of sp³-hybridized carbons (Fsp3) is 0.387. The topological polar surface area (TPSA) is 72.6 Å². The van der Waals surface area contributed by atoms with Gasteiger partial charge in [-0.05, 0) is 62.4 Å². The number of ether oxygens (including phenoxy) is 1. The molecule has 4 aliphatic rings. The average molecular weight is 497 g/mol. The highest BCUT2D eigenvalue weighted by atomic mass is 16.5. The summed E-state index contributed by atoms with van der Waals surface area (Å²) >= 11 is 0. The molecule has 2 aliphatic heterocycles. The van der Waals surface area contributed by atoms with E-state index in [2.05, 4.69) is 29.1 Å². The molecule has 0 amide bonds. The van der Waals surface area contributed by atoms with Crippen LogP contribution < -0.4 is 15.0 Å². The molecule has 0 bridgehead atoms. The van der Waals surface area contributed by atoms with Crippen molar-refractivity contribution in [2.75, 3.05) is 26.2 Å². The van der Waals surface area contributed by atoms with E-state index in [-0.39, 0.29) is 11.6 Å². The van der Waals surface area contributed by atoms with Gasteiger partial charge < -0.3 is 15.0 Å². The average Bonchev–Trinajstić information content (AvgIpc) is 2.87. The highest BCUT2D eigenvalue weighted by Gasteiger charge is 2.46. The molecule has 0 spiro atoms. The fourth-order valence-electron chi connectivity index (χ4n) is 6.11. The number of rotatable bonds is 5. The Kier molecular flexibility index (Phi) is 5.87. The summed E-state index contributed by atoms with van der Waals surface area (Å²) in [5.41, 5.74) is 5.37. The molecular formula is C31H34N3O3+. The molecule has 1 saturated heterocycles. The van der Waals surface area contributed by atoms with Gasteiger partial charge in [0.05, 0.1) is 5.57 Å². The van der Waals surface area contributed by atoms with E-state index in [1.54, 1.807) is 18.2 Å². The molecule has 1 atom stereocenters. The van der Waals surface area contributed by atoms with E-state index in [4.69, 9.17) is 4.74 Å². The standard InChI is InChI=1S/C31H33N3O3/c1-19-10-11-24-22(16-19)33-28-25(37-24)17-23(32-13-7-15-34-14-6-12-31(2,3)18-34)26-27(28)30(36)21-9-5-4-8-20(21)29(26)35/h4-5,8-11,16-17,25,32H,6-7,12-15,18H2,1-3H3/p+1. The number of hydrogen-bond acceptors (Lipinski definition) is 5. The number of fused-ring (bicyclic) bond motifs is 4. The number of nitrogens with one attached hydrogen (secondary N) is 2. The summed E-state index contributed by atoms with van der Waals surface area (Å²) in [6.45, 7) is 10.7. The maximum Gasteiger partial charge on any atom is 0.246 e. The van der Waals surface area contributed by atoms with Gasteiger partial charge in [0.2, 0.25) is 23.3 Å². The predicted octanol–water partition coefficient (Wildman–Crippen LogP) is 3.28. The number of carbonyl (C=O) groups excluding carboxylic acids is 2. The minimum absolute atomic E-state index is 0.121. The monoisotopic (exact) mass is 496 g/mol. The molecule has 37 heavy (non-hydrogen) atoms. The SMILES string of the molecule is Cc1ccc2c(c1)[NH+]=C1C3=C(C(=O)c4ccccc4C3=O)C(NCCCN3CCCC(C)(C)C3)=CC1O2. The number of ketones is 2. The molecule has 190 valence electrons. The number of aryl methyl sites for hydroxylation is 1. The third kappa shape index (κ3) is 4.33. The van der Waals surface area contributed by atoms with Crippen LogP contribution in [0.3, 0.4) is 0 Å². The molecule has 0 saturated carbocycles. The zero-order valence-electron chi connectivity index (χ0n) is 21.8. The van der Waals surface area contributed by atoms with Crippen LogP contribution in [0.15, 0.2) is 65.4 Å². The molecule has 2 aromatic rings. The van der Waals surface area contributed by atoms with Crippen LogP contribution in [0.5, 0.6) is 5.75 Å². The first-order valence-corrected chi connectivity index (χ1v) is 13.3. The van der Waals surface area contributed by atoms with E-state index >= 15 is 0 Å². The van der Waals surface area contributed by atoms with Crippen LogP contribution in [0, 0.1) is 12.3 Å². The second-order valence-electron chi connectivity index (χ2n) is 11.4. The van der Waals surface area contributed by atoms with Gasteiger partial charge in [-0.3, -0.25) is 9.59 Å². The van der Waals surface area contributed by atoms with Crippen LogP contribution in [0.25, 0.3) is 0 Å². The zero-order chi connectivity index (χ0) is 25.7. The van der Waals surface area contributed by atoms with E-state index in [1.807, 2.05) is 37.3 Å². The van der Waals surface area contributed by atoms with Crippen LogP contribution in [0.4, 0.5) is 5.69 Å². The lowest BCUT2D eigenvalue weighted by Crippen LogP contribution is -2.73. The van der Waals surface area contributed by atoms with Crippen molar-refractivity contribution in [3.8, 4) is 5.75 Å². The lowest BCUT2D eigenvalue weighted by Gasteiger charge is -2.38. The van der Waals surface area contributed by atoms with Crippen molar-refractivity contribution in [1.82, 2.24) is 10.2 Å². The lowest BCUT2D eigenvalue weighted by molar-refractivity contribution is -0.363. The Morgan fingerprint density at radius 3 is 2.59 bits per heavy atom. The Morgan fingerprint density at radius 1 is 1.08 bits per heavy atom. The number of carbonyl (C=O) groups is 2. The van der Waals surface area contributed by atoms with Gasteiger partial charge in [0.1, 0.15) is 5.57 Å². The lowest BCUT2D eigenvalue weighted by atomic mass is 9.76. The molecule has 6 rings (SSSR count). The Balaban J connectivity index is 1.31. The molecule has 2 aliphatic carbocycles. The number of Topliss-reactive ketones (excluding diaryl/α,β-unsaturated/α-hetero) is 2. The van der Waals surface area contributed by atoms with E-state index in [0.717, 1.165) is 43.1 Å². The Morgan fingerprint density at radius 2 is 1.84 bits per heavy atom. The minimum Gasteiger partial charge on any atom is -0.468 e. The van der Waals surface area contributed by atoms with Gasteiger partial charge in [0.25, 0.3) is 0 Å². The molecule has 0 radical (unpaired) electrons. The van der Waals surface area contributed by atoms with Crippen LogP contribution in [-0.2, 0) is 0 Å². The van der Waals surface area contributed by atoms with Gasteiger partial charge in [-0.25, -0.2) is 4.99 Å². The first-order valence-electron chi connectivity index (χ1n) is 13.3. The first-order chi connectivity index (χ1) is 17.8. The number of likely N-dealkylation sites (tertiary alicyclic amines) is 1. The highest BCUT2D eigenvalue weighted by Crippen LogP contribution is 2.36. The van der Waals surface area contributed by atoms with Crippen molar-refractivity contribution in [2.45, 2.75) is 46.1 Å². The summed E-state index contributed by atoms with van der Waals surface area (Å²) in [5.74, 6) is 0.478. The minimum atomic E-state index is -0.471. The fourth-order valence-corrected chi connectivity index (χ4v) is 6.11. The van der Waals surface area contributed by atoms with Gasteiger partial charge in [0, 0.05) is 36.0 Å². The zero-order valence-corrected chi connectivity index (χ0v) is 21.8.